The molecule has 0 aliphatic heterocycles. The summed E-state index contributed by atoms with van der Waals surface area (Å²) in [6, 6.07) is 8.03. The van der Waals surface area contributed by atoms with E-state index in [1.807, 2.05) is 29.6 Å². The minimum absolute atomic E-state index is 0.0236. The molecule has 1 aromatic heterocycles. The second kappa shape index (κ2) is 7.31. The van der Waals surface area contributed by atoms with E-state index < -0.39 is 5.97 Å². The number of hydrogen-bond donors (Lipinski definition) is 2. The van der Waals surface area contributed by atoms with Crippen LogP contribution in [-0.4, -0.2) is 35.0 Å². The van der Waals surface area contributed by atoms with Gasteiger partial charge < -0.3 is 10.4 Å². The normalized spacial score (nSPS) is 10.6. The maximum Gasteiger partial charge on any atom is 0.313 e. The van der Waals surface area contributed by atoms with Gasteiger partial charge in [-0.1, -0.05) is 18.2 Å². The lowest BCUT2D eigenvalue weighted by Gasteiger charge is -2.04. The summed E-state index contributed by atoms with van der Waals surface area (Å²) in [5.74, 6) is -0.163. The first kappa shape index (κ1) is 14.9. The molecule has 1 heterocycles. The third-order valence-corrected chi connectivity index (χ3v) is 4.66. The molecule has 2 aromatic rings. The number of benzene rings is 1. The predicted octanol–water partition coefficient (Wildman–Crippen LogP) is 2.38. The summed E-state index contributed by atoms with van der Waals surface area (Å²) in [5, 5.41) is 14.4. The second-order valence-corrected chi connectivity index (χ2v) is 6.25. The number of fused-ring (bicyclic) bond motifs is 1. The molecule has 0 aliphatic carbocycles. The Kier molecular flexibility index (Phi) is 5.43. The van der Waals surface area contributed by atoms with E-state index >= 15 is 0 Å². The van der Waals surface area contributed by atoms with Gasteiger partial charge in [0.25, 0.3) is 0 Å². The van der Waals surface area contributed by atoms with Gasteiger partial charge in [-0.25, -0.2) is 0 Å². The van der Waals surface area contributed by atoms with Crippen LogP contribution in [0.25, 0.3) is 10.1 Å². The lowest BCUT2D eigenvalue weighted by molar-refractivity contribution is -0.133. The van der Waals surface area contributed by atoms with Crippen molar-refractivity contribution in [2.45, 2.75) is 6.42 Å². The average molecular weight is 309 g/mol. The smallest absolute Gasteiger partial charge is 0.313 e. The van der Waals surface area contributed by atoms with Crippen molar-refractivity contribution in [3.05, 3.63) is 35.2 Å². The summed E-state index contributed by atoms with van der Waals surface area (Å²) in [5.41, 5.74) is 1.04. The molecule has 0 spiro atoms. The van der Waals surface area contributed by atoms with Crippen molar-refractivity contribution in [1.82, 2.24) is 5.32 Å². The Hall–Kier alpha value is -1.53. The first-order chi connectivity index (χ1) is 9.66. The fourth-order valence-corrected chi connectivity index (χ4v) is 3.36. The zero-order chi connectivity index (χ0) is 14.4. The van der Waals surface area contributed by atoms with Crippen LogP contribution in [0.2, 0.25) is 0 Å². The summed E-state index contributed by atoms with van der Waals surface area (Å²) >= 11 is 2.94. The van der Waals surface area contributed by atoms with E-state index in [1.54, 1.807) is 11.3 Å². The summed E-state index contributed by atoms with van der Waals surface area (Å²) in [7, 11) is 0. The van der Waals surface area contributed by atoms with Crippen molar-refractivity contribution in [1.29, 1.82) is 0 Å². The van der Waals surface area contributed by atoms with E-state index in [4.69, 9.17) is 5.11 Å². The van der Waals surface area contributed by atoms with E-state index in [-0.39, 0.29) is 11.7 Å². The van der Waals surface area contributed by atoms with Crippen molar-refractivity contribution in [3.8, 4) is 0 Å². The van der Waals surface area contributed by atoms with Gasteiger partial charge in [-0.2, -0.15) is 0 Å². The standard InChI is InChI=1S/C14H15NO3S2/c16-13(15-5-6-19-9-14(17)18)7-10-8-20-12-4-2-1-3-11(10)12/h1-4,8H,5-7,9H2,(H,15,16)(H,17,18). The Balaban J connectivity index is 1.78. The summed E-state index contributed by atoms with van der Waals surface area (Å²) in [4.78, 5) is 22.1. The van der Waals surface area contributed by atoms with E-state index in [0.29, 0.717) is 18.7 Å². The minimum atomic E-state index is -0.828. The highest BCUT2D eigenvalue weighted by Crippen LogP contribution is 2.25. The third kappa shape index (κ3) is 4.25. The van der Waals surface area contributed by atoms with Crippen molar-refractivity contribution >= 4 is 45.1 Å². The molecule has 0 saturated carbocycles. The van der Waals surface area contributed by atoms with Crippen LogP contribution in [0, 0.1) is 0 Å². The van der Waals surface area contributed by atoms with Crippen LogP contribution < -0.4 is 5.32 Å². The van der Waals surface area contributed by atoms with Crippen LogP contribution in [0.3, 0.4) is 0 Å². The number of thioether (sulfide) groups is 1. The molecule has 4 nitrogen and oxygen atoms in total. The Morgan fingerprint density at radius 3 is 2.90 bits per heavy atom. The SMILES string of the molecule is O=C(O)CSCCNC(=O)Cc1csc2ccccc12. The highest BCUT2D eigenvalue weighted by molar-refractivity contribution is 7.99. The van der Waals surface area contributed by atoms with Gasteiger partial charge in [-0.05, 0) is 22.4 Å². The molecule has 2 rings (SSSR count). The molecule has 0 unspecified atom stereocenters. The van der Waals surface area contributed by atoms with E-state index in [2.05, 4.69) is 5.32 Å². The van der Waals surface area contributed by atoms with Crippen molar-refractivity contribution < 1.29 is 14.7 Å². The van der Waals surface area contributed by atoms with Crippen molar-refractivity contribution in [2.75, 3.05) is 18.1 Å². The molecule has 0 atom stereocenters. The van der Waals surface area contributed by atoms with Gasteiger partial charge in [0.1, 0.15) is 0 Å². The number of hydrogen-bond acceptors (Lipinski definition) is 4. The molecule has 0 bridgehead atoms. The molecule has 2 N–H and O–H groups in total. The molecule has 0 fully saturated rings. The van der Waals surface area contributed by atoms with Crippen molar-refractivity contribution in [3.63, 3.8) is 0 Å². The molecule has 0 aliphatic rings. The number of rotatable bonds is 7. The number of carboxylic acid groups (broad SMARTS) is 1. The van der Waals surface area contributed by atoms with Gasteiger partial charge in [-0.15, -0.1) is 23.1 Å². The quantitative estimate of drug-likeness (QED) is 0.771. The maximum absolute atomic E-state index is 11.8. The zero-order valence-corrected chi connectivity index (χ0v) is 12.4. The molecule has 1 amide bonds. The van der Waals surface area contributed by atoms with Gasteiger partial charge >= 0.3 is 5.97 Å². The molecule has 20 heavy (non-hydrogen) atoms. The topological polar surface area (TPSA) is 66.4 Å². The van der Waals surface area contributed by atoms with E-state index in [9.17, 15) is 9.59 Å². The van der Waals surface area contributed by atoms with Gasteiger partial charge in [0, 0.05) is 17.0 Å². The Labute approximate surface area is 125 Å². The van der Waals surface area contributed by atoms with E-state index in [1.165, 1.54) is 16.5 Å². The Morgan fingerprint density at radius 1 is 1.30 bits per heavy atom. The first-order valence-electron chi connectivity index (χ1n) is 6.18. The lowest BCUT2D eigenvalue weighted by atomic mass is 10.1. The number of thiophene rings is 1. The fourth-order valence-electron chi connectivity index (χ4n) is 1.83. The van der Waals surface area contributed by atoms with Crippen LogP contribution in [0.4, 0.5) is 0 Å². The fraction of sp³-hybridized carbons (Fsp3) is 0.286. The third-order valence-electron chi connectivity index (χ3n) is 2.71. The van der Waals surface area contributed by atoms with Gasteiger partial charge in [-0.3, -0.25) is 9.59 Å². The number of nitrogens with one attached hydrogen (secondary N) is 1. The summed E-state index contributed by atoms with van der Waals surface area (Å²) in [6.45, 7) is 0.499. The highest BCUT2D eigenvalue weighted by Gasteiger charge is 2.08. The first-order valence-corrected chi connectivity index (χ1v) is 8.21. The monoisotopic (exact) mass is 309 g/mol. The Bertz CT molecular complexity index is 609. The van der Waals surface area contributed by atoms with Crippen LogP contribution in [0.15, 0.2) is 29.6 Å². The minimum Gasteiger partial charge on any atom is -0.481 e. The van der Waals surface area contributed by atoms with Gasteiger partial charge in [0.15, 0.2) is 0 Å². The van der Waals surface area contributed by atoms with Crippen LogP contribution in [0.1, 0.15) is 5.56 Å². The molecule has 6 heteroatoms. The molecule has 1 aromatic carbocycles. The predicted molar refractivity (Wildman–Crippen MR) is 83.5 cm³/mol. The summed E-state index contributed by atoms with van der Waals surface area (Å²) < 4.78 is 1.19. The van der Waals surface area contributed by atoms with E-state index in [0.717, 1.165) is 10.9 Å². The van der Waals surface area contributed by atoms with Crippen LogP contribution >= 0.6 is 23.1 Å². The van der Waals surface area contributed by atoms with Gasteiger partial charge in [0.05, 0.1) is 12.2 Å². The molecule has 106 valence electrons. The van der Waals surface area contributed by atoms with Crippen LogP contribution in [-0.2, 0) is 16.0 Å². The van der Waals surface area contributed by atoms with Gasteiger partial charge in [0.2, 0.25) is 5.91 Å². The number of carbonyl (C=O) groups is 2. The Morgan fingerprint density at radius 2 is 2.10 bits per heavy atom. The molecule has 0 saturated heterocycles. The largest absolute Gasteiger partial charge is 0.481 e. The zero-order valence-electron chi connectivity index (χ0n) is 10.8. The molecule has 0 radical (unpaired) electrons. The molecular weight excluding hydrogens is 294 g/mol. The lowest BCUT2D eigenvalue weighted by Crippen LogP contribution is -2.27. The highest BCUT2D eigenvalue weighted by atomic mass is 32.2. The number of carbonyl (C=O) groups excluding carboxylic acids is 1. The number of amides is 1. The second-order valence-electron chi connectivity index (χ2n) is 4.23. The average Bonchev–Trinajstić information content (AvgIpc) is 2.81. The number of aliphatic carboxylic acids is 1. The summed E-state index contributed by atoms with van der Waals surface area (Å²) in [6.07, 6.45) is 0.369. The van der Waals surface area contributed by atoms with Crippen molar-refractivity contribution in [2.24, 2.45) is 0 Å². The van der Waals surface area contributed by atoms with Crippen LogP contribution in [0.5, 0.6) is 0 Å². The maximum atomic E-state index is 11.8. The molecular formula is C14H15NO3S2. The number of carboxylic acids is 1.